The van der Waals surface area contributed by atoms with Crippen molar-refractivity contribution in [2.75, 3.05) is 13.7 Å². The highest BCUT2D eigenvalue weighted by Crippen LogP contribution is 2.25. The lowest BCUT2D eigenvalue weighted by Gasteiger charge is -2.17. The van der Waals surface area contributed by atoms with E-state index in [-0.39, 0.29) is 22.8 Å². The van der Waals surface area contributed by atoms with Crippen LogP contribution in [0.1, 0.15) is 24.2 Å². The first-order valence-corrected chi connectivity index (χ1v) is 7.43. The van der Waals surface area contributed by atoms with Gasteiger partial charge in [-0.2, -0.15) is 5.26 Å². The number of carboxylic acids is 1. The zero-order valence-corrected chi connectivity index (χ0v) is 12.7. The fraction of sp³-hybridized carbons (Fsp3) is 0.385. The van der Waals surface area contributed by atoms with Crippen LogP contribution in [0, 0.1) is 16.7 Å². The average molecular weight is 312 g/mol. The van der Waals surface area contributed by atoms with E-state index < -0.39 is 21.4 Å². The van der Waals surface area contributed by atoms with Crippen LogP contribution in [-0.4, -0.2) is 33.1 Å². The van der Waals surface area contributed by atoms with Gasteiger partial charge in [0.05, 0.1) is 24.2 Å². The lowest BCUT2D eigenvalue weighted by molar-refractivity contribution is 0.0696. The Balaban J connectivity index is 3.15. The molecule has 21 heavy (non-hydrogen) atoms. The van der Waals surface area contributed by atoms with Crippen LogP contribution in [-0.2, 0) is 10.0 Å². The summed E-state index contributed by atoms with van der Waals surface area (Å²) in [6.45, 7) is 3.12. The Morgan fingerprint density at radius 2 is 2.10 bits per heavy atom. The van der Waals surface area contributed by atoms with Crippen LogP contribution < -0.4 is 9.46 Å². The topological polar surface area (TPSA) is 116 Å². The molecule has 0 aromatic heterocycles. The minimum atomic E-state index is -3.91. The molecule has 0 saturated heterocycles. The minimum absolute atomic E-state index is 0.0721. The summed E-state index contributed by atoms with van der Waals surface area (Å²) >= 11 is 0. The molecule has 7 nitrogen and oxygen atoms in total. The maximum atomic E-state index is 12.2. The molecule has 0 radical (unpaired) electrons. The predicted octanol–water partition coefficient (Wildman–Crippen LogP) is 1.22. The third kappa shape index (κ3) is 4.18. The van der Waals surface area contributed by atoms with Crippen LogP contribution in [0.3, 0.4) is 0 Å². The van der Waals surface area contributed by atoms with Crippen LogP contribution in [0.4, 0.5) is 0 Å². The van der Waals surface area contributed by atoms with Gasteiger partial charge in [0.25, 0.3) is 0 Å². The van der Waals surface area contributed by atoms with Gasteiger partial charge >= 0.3 is 5.97 Å². The van der Waals surface area contributed by atoms with Gasteiger partial charge in [-0.1, -0.05) is 0 Å². The fourth-order valence-corrected chi connectivity index (χ4v) is 2.78. The maximum absolute atomic E-state index is 12.2. The summed E-state index contributed by atoms with van der Waals surface area (Å²) in [6.07, 6.45) is 0. The number of nitrogens with one attached hydrogen (secondary N) is 1. The molecule has 1 aromatic carbocycles. The molecule has 0 aliphatic heterocycles. The van der Waals surface area contributed by atoms with Crippen molar-refractivity contribution in [3.63, 3.8) is 0 Å². The number of hydrogen-bond donors (Lipinski definition) is 2. The van der Waals surface area contributed by atoms with Gasteiger partial charge in [0.1, 0.15) is 10.6 Å². The van der Waals surface area contributed by atoms with E-state index in [1.807, 2.05) is 6.07 Å². The minimum Gasteiger partial charge on any atom is -0.495 e. The Hall–Kier alpha value is -2.11. The van der Waals surface area contributed by atoms with Crippen LogP contribution >= 0.6 is 0 Å². The van der Waals surface area contributed by atoms with Crippen LogP contribution in [0.5, 0.6) is 5.75 Å². The second-order valence-corrected chi connectivity index (χ2v) is 6.73. The summed E-state index contributed by atoms with van der Waals surface area (Å²) in [4.78, 5) is 10.7. The molecule has 0 saturated carbocycles. The van der Waals surface area contributed by atoms with Crippen molar-refractivity contribution in [1.82, 2.24) is 4.72 Å². The number of aromatic carboxylic acids is 1. The standard InChI is InChI=1S/C13H16N2O5S/c1-13(2,7-14)8-15-21(18,19)11-5-4-9(12(16)17)6-10(11)20-3/h4-6,15H,8H2,1-3H3,(H,16,17). The van der Waals surface area contributed by atoms with E-state index in [0.717, 1.165) is 12.1 Å². The zero-order chi connectivity index (χ0) is 16.3. The maximum Gasteiger partial charge on any atom is 0.335 e. The molecular formula is C13H16N2O5S. The zero-order valence-electron chi connectivity index (χ0n) is 11.9. The molecule has 1 aromatic rings. The molecule has 0 spiro atoms. The molecule has 0 aliphatic carbocycles. The second kappa shape index (κ2) is 6.11. The number of methoxy groups -OCH3 is 1. The molecule has 0 aliphatic rings. The summed E-state index contributed by atoms with van der Waals surface area (Å²) < 4.78 is 31.7. The Morgan fingerprint density at radius 3 is 2.57 bits per heavy atom. The van der Waals surface area contributed by atoms with Crippen molar-refractivity contribution in [3.8, 4) is 11.8 Å². The van der Waals surface area contributed by atoms with Gasteiger partial charge in [-0.25, -0.2) is 17.9 Å². The third-order valence-corrected chi connectivity index (χ3v) is 4.15. The molecule has 0 unspecified atom stereocenters. The number of ether oxygens (including phenoxy) is 1. The summed E-state index contributed by atoms with van der Waals surface area (Å²) in [5.74, 6) is -1.26. The van der Waals surface area contributed by atoms with Crippen molar-refractivity contribution in [1.29, 1.82) is 5.26 Å². The average Bonchev–Trinajstić information content (AvgIpc) is 2.44. The van der Waals surface area contributed by atoms with E-state index in [0.29, 0.717) is 0 Å². The number of nitriles is 1. The van der Waals surface area contributed by atoms with Gasteiger partial charge < -0.3 is 9.84 Å². The van der Waals surface area contributed by atoms with Gasteiger partial charge in [0, 0.05) is 6.54 Å². The molecule has 2 N–H and O–H groups in total. The monoisotopic (exact) mass is 312 g/mol. The quantitative estimate of drug-likeness (QED) is 0.815. The normalized spacial score (nSPS) is 11.7. The first-order valence-electron chi connectivity index (χ1n) is 5.95. The van der Waals surface area contributed by atoms with E-state index in [4.69, 9.17) is 15.1 Å². The Labute approximate surface area is 123 Å². The van der Waals surface area contributed by atoms with E-state index in [9.17, 15) is 13.2 Å². The van der Waals surface area contributed by atoms with Crippen LogP contribution in [0.25, 0.3) is 0 Å². The highest BCUT2D eigenvalue weighted by atomic mass is 32.2. The Morgan fingerprint density at radius 1 is 1.48 bits per heavy atom. The summed E-state index contributed by atoms with van der Waals surface area (Å²) in [7, 11) is -2.66. The van der Waals surface area contributed by atoms with E-state index in [1.54, 1.807) is 13.8 Å². The number of carbonyl (C=O) groups is 1. The second-order valence-electron chi connectivity index (χ2n) is 4.99. The first kappa shape index (κ1) is 16.9. The smallest absolute Gasteiger partial charge is 0.335 e. The van der Waals surface area contributed by atoms with E-state index in [1.165, 1.54) is 13.2 Å². The van der Waals surface area contributed by atoms with Crippen molar-refractivity contribution in [3.05, 3.63) is 23.8 Å². The number of sulfonamides is 1. The lowest BCUT2D eigenvalue weighted by atomic mass is 9.97. The molecule has 8 heteroatoms. The number of nitrogens with zero attached hydrogens (tertiary/aromatic N) is 1. The number of rotatable bonds is 6. The number of carboxylic acid groups (broad SMARTS) is 1. The van der Waals surface area contributed by atoms with E-state index in [2.05, 4.69) is 4.72 Å². The molecule has 0 amide bonds. The highest BCUT2D eigenvalue weighted by Gasteiger charge is 2.25. The van der Waals surface area contributed by atoms with Gasteiger partial charge in [-0.15, -0.1) is 0 Å². The van der Waals surface area contributed by atoms with Gasteiger partial charge in [-0.05, 0) is 32.0 Å². The molecule has 114 valence electrons. The van der Waals surface area contributed by atoms with Crippen molar-refractivity contribution >= 4 is 16.0 Å². The largest absolute Gasteiger partial charge is 0.495 e. The third-order valence-electron chi connectivity index (χ3n) is 2.71. The predicted molar refractivity (Wildman–Crippen MR) is 74.5 cm³/mol. The molecule has 0 atom stereocenters. The number of hydrogen-bond acceptors (Lipinski definition) is 5. The highest BCUT2D eigenvalue weighted by molar-refractivity contribution is 7.89. The fourth-order valence-electron chi connectivity index (χ4n) is 1.42. The van der Waals surface area contributed by atoms with Crippen LogP contribution in [0.2, 0.25) is 0 Å². The van der Waals surface area contributed by atoms with Crippen molar-refractivity contribution in [2.24, 2.45) is 5.41 Å². The van der Waals surface area contributed by atoms with E-state index >= 15 is 0 Å². The molecule has 0 bridgehead atoms. The summed E-state index contributed by atoms with van der Waals surface area (Å²) in [6, 6.07) is 5.45. The van der Waals surface area contributed by atoms with Gasteiger partial charge in [0.15, 0.2) is 0 Å². The summed E-state index contributed by atoms with van der Waals surface area (Å²) in [5.41, 5.74) is -0.940. The van der Waals surface area contributed by atoms with Crippen molar-refractivity contribution in [2.45, 2.75) is 18.7 Å². The molecule has 0 fully saturated rings. The molecular weight excluding hydrogens is 296 g/mol. The SMILES string of the molecule is COc1cc(C(=O)O)ccc1S(=O)(=O)NCC(C)(C)C#N. The number of benzene rings is 1. The Kier molecular flexibility index (Phi) is 4.93. The molecule has 1 rings (SSSR count). The Bertz CT molecular complexity index is 689. The van der Waals surface area contributed by atoms with Crippen molar-refractivity contribution < 1.29 is 23.1 Å². The summed E-state index contributed by atoms with van der Waals surface area (Å²) in [5, 5.41) is 17.8. The van der Waals surface area contributed by atoms with Crippen LogP contribution in [0.15, 0.2) is 23.1 Å². The first-order chi connectivity index (χ1) is 9.63. The van der Waals surface area contributed by atoms with Gasteiger partial charge in [-0.3, -0.25) is 0 Å². The van der Waals surface area contributed by atoms with Gasteiger partial charge in [0.2, 0.25) is 10.0 Å². The molecule has 0 heterocycles. The lowest BCUT2D eigenvalue weighted by Crippen LogP contribution is -2.33.